The first-order chi connectivity index (χ1) is 11.2. The van der Waals surface area contributed by atoms with Crippen molar-refractivity contribution in [2.45, 2.75) is 38.1 Å². The number of para-hydroxylation sites is 1. The van der Waals surface area contributed by atoms with Crippen LogP contribution in [0.15, 0.2) is 30.3 Å². The third-order valence-corrected chi connectivity index (χ3v) is 5.53. The lowest BCUT2D eigenvalue weighted by molar-refractivity contribution is -0.947. The number of hydrogen-bond acceptors (Lipinski definition) is 3. The lowest BCUT2D eigenvalue weighted by Gasteiger charge is -2.51. The predicted octanol–water partition coefficient (Wildman–Crippen LogP) is 3.02. The average Bonchev–Trinajstić information content (AvgIpc) is 2.55. The number of quaternary nitrogens is 1. The smallest absolute Gasteiger partial charge is 0.337 e. The van der Waals surface area contributed by atoms with Gasteiger partial charge in [-0.3, -0.25) is 0 Å². The Morgan fingerprint density at radius 2 is 1.91 bits per heavy atom. The van der Waals surface area contributed by atoms with Crippen molar-refractivity contribution in [2.75, 3.05) is 33.4 Å². The molecule has 3 rings (SSSR count). The Kier molecular flexibility index (Phi) is 5.34. The number of carbonyl (C=O) groups excluding carboxylic acids is 1. The molecule has 0 amide bonds. The van der Waals surface area contributed by atoms with Gasteiger partial charge in [0.15, 0.2) is 0 Å². The Bertz CT molecular complexity index is 515. The fourth-order valence-electron chi connectivity index (χ4n) is 4.37. The summed E-state index contributed by atoms with van der Waals surface area (Å²) in [4.78, 5) is 11.8. The van der Waals surface area contributed by atoms with E-state index in [0.717, 1.165) is 0 Å². The van der Waals surface area contributed by atoms with Crippen LogP contribution in [-0.4, -0.2) is 49.8 Å². The summed E-state index contributed by atoms with van der Waals surface area (Å²) in [6, 6.07) is 9.88. The Balaban J connectivity index is 1.45. The molecule has 4 nitrogen and oxygen atoms in total. The number of fused-ring (bicyclic) bond motifs is 1. The first-order valence-electron chi connectivity index (χ1n) is 8.85. The van der Waals surface area contributed by atoms with Crippen LogP contribution in [0.4, 0.5) is 0 Å². The van der Waals surface area contributed by atoms with Crippen LogP contribution < -0.4 is 4.74 Å². The molecule has 2 saturated heterocycles. The molecule has 1 aromatic rings. The molecule has 2 aliphatic heterocycles. The van der Waals surface area contributed by atoms with E-state index >= 15 is 0 Å². The minimum atomic E-state index is -0.312. The molecule has 3 atom stereocenters. The molecule has 0 saturated carbocycles. The lowest BCUT2D eigenvalue weighted by Crippen LogP contribution is -2.61. The maximum absolute atomic E-state index is 11.8. The van der Waals surface area contributed by atoms with Crippen LogP contribution in [0, 0.1) is 5.92 Å². The van der Waals surface area contributed by atoms with Gasteiger partial charge in [-0.05, 0) is 37.8 Å². The number of rotatable bonds is 5. The van der Waals surface area contributed by atoms with Gasteiger partial charge in [-0.1, -0.05) is 18.2 Å². The third-order valence-electron chi connectivity index (χ3n) is 5.53. The zero-order chi connectivity index (χ0) is 16.1. The molecule has 126 valence electrons. The van der Waals surface area contributed by atoms with Gasteiger partial charge in [0.05, 0.1) is 32.8 Å². The second kappa shape index (κ2) is 7.45. The Hall–Kier alpha value is -1.39. The van der Waals surface area contributed by atoms with Gasteiger partial charge in [0.2, 0.25) is 0 Å². The van der Waals surface area contributed by atoms with Gasteiger partial charge in [-0.2, -0.15) is 0 Å². The maximum Gasteiger partial charge on any atom is 0.337 e. The van der Waals surface area contributed by atoms with Crippen molar-refractivity contribution in [1.29, 1.82) is 0 Å². The summed E-state index contributed by atoms with van der Waals surface area (Å²) in [5.41, 5.74) is 0. The number of piperidine rings is 2. The van der Waals surface area contributed by atoms with Crippen molar-refractivity contribution in [3.63, 3.8) is 0 Å². The van der Waals surface area contributed by atoms with E-state index in [9.17, 15) is 4.79 Å². The molecular weight excluding hydrogens is 290 g/mol. The molecule has 0 unspecified atom stereocenters. The van der Waals surface area contributed by atoms with E-state index in [2.05, 4.69) is 7.05 Å². The SMILES string of the molecule is C[N@+]12CCCC[C@H]1[C@@H](COCC(=O)Oc1ccccc1)CCC2. The molecule has 0 spiro atoms. The van der Waals surface area contributed by atoms with Crippen LogP contribution in [0.5, 0.6) is 5.75 Å². The first-order valence-corrected chi connectivity index (χ1v) is 8.85. The Morgan fingerprint density at radius 1 is 1.13 bits per heavy atom. The van der Waals surface area contributed by atoms with Crippen molar-refractivity contribution in [3.05, 3.63) is 30.3 Å². The van der Waals surface area contributed by atoms with Crippen LogP contribution in [-0.2, 0) is 9.53 Å². The monoisotopic (exact) mass is 318 g/mol. The van der Waals surface area contributed by atoms with E-state index in [1.807, 2.05) is 18.2 Å². The van der Waals surface area contributed by atoms with Crippen LogP contribution in [0.25, 0.3) is 0 Å². The van der Waals surface area contributed by atoms with Crippen LogP contribution in [0.3, 0.4) is 0 Å². The fraction of sp³-hybridized carbons (Fsp3) is 0.632. The highest BCUT2D eigenvalue weighted by molar-refractivity contribution is 5.73. The minimum absolute atomic E-state index is 0.0435. The molecule has 0 N–H and O–H groups in total. The highest BCUT2D eigenvalue weighted by atomic mass is 16.6. The largest absolute Gasteiger partial charge is 0.425 e. The summed E-state index contributed by atoms with van der Waals surface area (Å²) in [6.07, 6.45) is 6.50. The lowest BCUT2D eigenvalue weighted by atomic mass is 9.82. The highest BCUT2D eigenvalue weighted by Gasteiger charge is 2.43. The molecule has 2 aliphatic rings. The zero-order valence-electron chi connectivity index (χ0n) is 14.1. The predicted molar refractivity (Wildman–Crippen MR) is 89.2 cm³/mol. The molecule has 1 aromatic carbocycles. The molecule has 0 bridgehead atoms. The van der Waals surface area contributed by atoms with Crippen molar-refractivity contribution < 1.29 is 18.8 Å². The van der Waals surface area contributed by atoms with Gasteiger partial charge >= 0.3 is 5.97 Å². The fourth-order valence-corrected chi connectivity index (χ4v) is 4.37. The summed E-state index contributed by atoms with van der Waals surface area (Å²) >= 11 is 0. The average molecular weight is 318 g/mol. The summed E-state index contributed by atoms with van der Waals surface area (Å²) in [5.74, 6) is 0.849. The van der Waals surface area contributed by atoms with Gasteiger partial charge in [0.25, 0.3) is 0 Å². The van der Waals surface area contributed by atoms with E-state index in [4.69, 9.17) is 9.47 Å². The first kappa shape index (κ1) is 16.5. The van der Waals surface area contributed by atoms with Crippen LogP contribution >= 0.6 is 0 Å². The van der Waals surface area contributed by atoms with Crippen molar-refractivity contribution >= 4 is 5.97 Å². The van der Waals surface area contributed by atoms with Crippen molar-refractivity contribution in [2.24, 2.45) is 5.92 Å². The normalized spacial score (nSPS) is 30.5. The second-order valence-corrected chi connectivity index (χ2v) is 7.19. The van der Waals surface area contributed by atoms with E-state index in [1.165, 1.54) is 49.7 Å². The molecular formula is C19H28NO3+. The number of benzene rings is 1. The summed E-state index contributed by atoms with van der Waals surface area (Å²) in [7, 11) is 2.40. The van der Waals surface area contributed by atoms with E-state index in [0.29, 0.717) is 24.3 Å². The van der Waals surface area contributed by atoms with E-state index in [1.54, 1.807) is 12.1 Å². The Morgan fingerprint density at radius 3 is 2.74 bits per heavy atom. The second-order valence-electron chi connectivity index (χ2n) is 7.19. The van der Waals surface area contributed by atoms with Crippen molar-refractivity contribution in [1.82, 2.24) is 0 Å². The number of ether oxygens (including phenoxy) is 2. The third kappa shape index (κ3) is 4.12. The van der Waals surface area contributed by atoms with E-state index < -0.39 is 0 Å². The van der Waals surface area contributed by atoms with Gasteiger partial charge in [0.1, 0.15) is 12.4 Å². The molecule has 2 fully saturated rings. The molecule has 0 aliphatic carbocycles. The molecule has 2 heterocycles. The van der Waals surface area contributed by atoms with Gasteiger partial charge in [0, 0.05) is 12.3 Å². The van der Waals surface area contributed by atoms with Crippen molar-refractivity contribution in [3.8, 4) is 5.75 Å². The number of nitrogens with zero attached hydrogens (tertiary/aromatic N) is 1. The quantitative estimate of drug-likeness (QED) is 0.475. The maximum atomic E-state index is 11.8. The summed E-state index contributed by atoms with van der Waals surface area (Å²) in [6.45, 7) is 3.33. The number of esters is 1. The minimum Gasteiger partial charge on any atom is -0.425 e. The number of hydrogen-bond donors (Lipinski definition) is 0. The summed E-state index contributed by atoms with van der Waals surface area (Å²) in [5, 5.41) is 0. The van der Waals surface area contributed by atoms with Crippen LogP contribution in [0.1, 0.15) is 32.1 Å². The van der Waals surface area contributed by atoms with Gasteiger partial charge in [-0.25, -0.2) is 4.79 Å². The topological polar surface area (TPSA) is 35.5 Å². The molecule has 0 aromatic heterocycles. The molecule has 23 heavy (non-hydrogen) atoms. The molecule has 4 heteroatoms. The van der Waals surface area contributed by atoms with E-state index in [-0.39, 0.29) is 12.6 Å². The zero-order valence-corrected chi connectivity index (χ0v) is 14.1. The standard InChI is InChI=1S/C19H28NO3/c1-20-12-6-5-11-18(20)16(8-7-13-20)14-22-15-19(21)23-17-9-3-2-4-10-17/h2-4,9-10,16,18H,5-8,11-15H2,1H3/q+1/t16-,18+,20-/m1/s1. The van der Waals surface area contributed by atoms with Gasteiger partial charge in [-0.15, -0.1) is 0 Å². The molecule has 0 radical (unpaired) electrons. The van der Waals surface area contributed by atoms with Gasteiger partial charge < -0.3 is 14.0 Å². The summed E-state index contributed by atoms with van der Waals surface area (Å²) < 4.78 is 12.2. The highest BCUT2D eigenvalue weighted by Crippen LogP contribution is 2.36. The number of carbonyl (C=O) groups is 1. The Labute approximate surface area is 139 Å². The van der Waals surface area contributed by atoms with Crippen LogP contribution in [0.2, 0.25) is 0 Å².